The van der Waals surface area contributed by atoms with Gasteiger partial charge in [-0.15, -0.1) is 25.6 Å². The van der Waals surface area contributed by atoms with Crippen molar-refractivity contribution in [3.8, 4) is 5.75 Å². The molecule has 1 aromatic heterocycles. The summed E-state index contributed by atoms with van der Waals surface area (Å²) in [4.78, 5) is 0. The number of ether oxygens (including phenoxy) is 1. The summed E-state index contributed by atoms with van der Waals surface area (Å²) in [5.74, 6) is -0.269. The Kier molecular flexibility index (Phi) is 5.02. The van der Waals surface area contributed by atoms with Crippen LogP contribution in [0.25, 0.3) is 0 Å². The van der Waals surface area contributed by atoms with Crippen LogP contribution in [0.4, 0.5) is 13.2 Å². The quantitative estimate of drug-likeness (QED) is 0.948. The molecular formula is C12H13ClF3N3O. The fourth-order valence-corrected chi connectivity index (χ4v) is 1.67. The van der Waals surface area contributed by atoms with Crippen LogP contribution in [0, 0.1) is 0 Å². The van der Waals surface area contributed by atoms with Gasteiger partial charge in [0.15, 0.2) is 0 Å². The van der Waals surface area contributed by atoms with Crippen molar-refractivity contribution in [1.82, 2.24) is 9.78 Å². The highest BCUT2D eigenvalue weighted by molar-refractivity contribution is 5.85. The van der Waals surface area contributed by atoms with E-state index in [0.29, 0.717) is 5.56 Å². The summed E-state index contributed by atoms with van der Waals surface area (Å²) in [5.41, 5.74) is 7.46. The first-order chi connectivity index (χ1) is 8.85. The summed E-state index contributed by atoms with van der Waals surface area (Å²) in [7, 11) is 1.76. The van der Waals surface area contributed by atoms with Gasteiger partial charge in [-0.1, -0.05) is 12.1 Å². The number of halogens is 4. The van der Waals surface area contributed by atoms with E-state index in [9.17, 15) is 13.2 Å². The number of aromatic nitrogens is 2. The molecule has 0 radical (unpaired) electrons. The van der Waals surface area contributed by atoms with Crippen molar-refractivity contribution in [1.29, 1.82) is 0 Å². The molecule has 0 spiro atoms. The number of alkyl halides is 3. The highest BCUT2D eigenvalue weighted by Crippen LogP contribution is 2.25. The average molecular weight is 308 g/mol. The van der Waals surface area contributed by atoms with Crippen LogP contribution in [0.5, 0.6) is 5.75 Å². The van der Waals surface area contributed by atoms with Crippen LogP contribution in [0.3, 0.4) is 0 Å². The maximum Gasteiger partial charge on any atom is 0.573 e. The summed E-state index contributed by atoms with van der Waals surface area (Å²) < 4.78 is 41.4. The molecule has 4 nitrogen and oxygen atoms in total. The van der Waals surface area contributed by atoms with E-state index in [2.05, 4.69) is 9.84 Å². The Morgan fingerprint density at radius 2 is 1.80 bits per heavy atom. The molecule has 0 aliphatic heterocycles. The van der Waals surface area contributed by atoms with Gasteiger partial charge in [-0.25, -0.2) is 0 Å². The van der Waals surface area contributed by atoms with Crippen LogP contribution >= 0.6 is 12.4 Å². The Morgan fingerprint density at radius 3 is 2.25 bits per heavy atom. The topological polar surface area (TPSA) is 53.1 Å². The highest BCUT2D eigenvalue weighted by Gasteiger charge is 2.31. The molecule has 0 saturated carbocycles. The van der Waals surface area contributed by atoms with Crippen molar-refractivity contribution in [3.05, 3.63) is 47.8 Å². The third-order valence-corrected chi connectivity index (χ3v) is 2.56. The molecule has 1 unspecified atom stereocenters. The van der Waals surface area contributed by atoms with E-state index in [1.807, 2.05) is 0 Å². The number of hydrogen-bond donors (Lipinski definition) is 1. The number of rotatable bonds is 3. The lowest BCUT2D eigenvalue weighted by atomic mass is 10.0. The number of aryl methyl sites for hydroxylation is 1. The van der Waals surface area contributed by atoms with E-state index in [0.717, 1.165) is 5.56 Å². The van der Waals surface area contributed by atoms with Crippen LogP contribution in [-0.2, 0) is 7.05 Å². The maximum absolute atomic E-state index is 12.0. The van der Waals surface area contributed by atoms with E-state index in [1.54, 1.807) is 24.1 Å². The minimum Gasteiger partial charge on any atom is -0.406 e. The lowest BCUT2D eigenvalue weighted by Crippen LogP contribution is -2.17. The van der Waals surface area contributed by atoms with E-state index in [4.69, 9.17) is 5.73 Å². The van der Waals surface area contributed by atoms with Crippen LogP contribution < -0.4 is 10.5 Å². The molecule has 1 atom stereocenters. The van der Waals surface area contributed by atoms with Gasteiger partial charge in [-0.2, -0.15) is 5.10 Å². The predicted octanol–water partition coefficient (Wildman–Crippen LogP) is 2.79. The second-order valence-electron chi connectivity index (χ2n) is 4.04. The molecule has 20 heavy (non-hydrogen) atoms. The fourth-order valence-electron chi connectivity index (χ4n) is 1.67. The molecular weight excluding hydrogens is 295 g/mol. The Labute approximate surface area is 119 Å². The van der Waals surface area contributed by atoms with Crippen molar-refractivity contribution in [3.63, 3.8) is 0 Å². The van der Waals surface area contributed by atoms with Crippen LogP contribution in [0.1, 0.15) is 17.2 Å². The van der Waals surface area contributed by atoms with Gasteiger partial charge in [0.05, 0.1) is 12.2 Å². The zero-order valence-electron chi connectivity index (χ0n) is 10.5. The third-order valence-electron chi connectivity index (χ3n) is 2.56. The standard InChI is InChI=1S/C12H12F3N3O.ClH/c1-18-7-9(6-17-18)11(16)8-2-4-10(5-3-8)19-12(13,14)15;/h2-7,11H,16H2,1H3;1H. The minimum absolute atomic E-state index is 0. The van der Waals surface area contributed by atoms with E-state index in [1.165, 1.54) is 24.3 Å². The van der Waals surface area contributed by atoms with Crippen molar-refractivity contribution in [2.24, 2.45) is 12.8 Å². The SMILES string of the molecule is Cl.Cn1cc(C(N)c2ccc(OC(F)(F)F)cc2)cn1. The third kappa shape index (κ3) is 4.14. The zero-order chi connectivity index (χ0) is 14.0. The monoisotopic (exact) mass is 307 g/mol. The Hall–Kier alpha value is -1.73. The van der Waals surface area contributed by atoms with Crippen molar-refractivity contribution < 1.29 is 17.9 Å². The van der Waals surface area contributed by atoms with E-state index >= 15 is 0 Å². The molecule has 8 heteroatoms. The van der Waals surface area contributed by atoms with Gasteiger partial charge in [-0.3, -0.25) is 4.68 Å². The number of benzene rings is 1. The predicted molar refractivity (Wildman–Crippen MR) is 69.6 cm³/mol. The Balaban J connectivity index is 0.00000200. The smallest absolute Gasteiger partial charge is 0.406 e. The van der Waals surface area contributed by atoms with Crippen molar-refractivity contribution in [2.45, 2.75) is 12.4 Å². The number of nitrogens with zero attached hydrogens (tertiary/aromatic N) is 2. The first-order valence-electron chi connectivity index (χ1n) is 5.45. The summed E-state index contributed by atoms with van der Waals surface area (Å²) in [6.45, 7) is 0. The average Bonchev–Trinajstić information content (AvgIpc) is 2.74. The zero-order valence-corrected chi connectivity index (χ0v) is 11.3. The summed E-state index contributed by atoms with van der Waals surface area (Å²) in [6.07, 6.45) is -1.32. The molecule has 0 aliphatic rings. The summed E-state index contributed by atoms with van der Waals surface area (Å²) in [6, 6.07) is 5.03. The lowest BCUT2D eigenvalue weighted by Gasteiger charge is -2.12. The van der Waals surface area contributed by atoms with Gasteiger partial charge in [0.1, 0.15) is 5.75 Å². The molecule has 2 aromatic rings. The molecule has 2 rings (SSSR count). The lowest BCUT2D eigenvalue weighted by molar-refractivity contribution is -0.274. The first-order valence-corrected chi connectivity index (χ1v) is 5.45. The molecule has 1 aromatic carbocycles. The summed E-state index contributed by atoms with van der Waals surface area (Å²) in [5, 5.41) is 3.99. The second kappa shape index (κ2) is 6.15. The molecule has 1 heterocycles. The summed E-state index contributed by atoms with van der Waals surface area (Å²) >= 11 is 0. The normalized spacial score (nSPS) is 12.7. The first kappa shape index (κ1) is 16.3. The molecule has 110 valence electrons. The maximum atomic E-state index is 12.0. The van der Waals surface area contributed by atoms with Crippen LogP contribution in [0.15, 0.2) is 36.7 Å². The Morgan fingerprint density at radius 1 is 1.20 bits per heavy atom. The second-order valence-corrected chi connectivity index (χ2v) is 4.04. The molecule has 0 fully saturated rings. The van der Waals surface area contributed by atoms with Gasteiger partial charge in [-0.05, 0) is 17.7 Å². The van der Waals surface area contributed by atoms with Crippen molar-refractivity contribution in [2.75, 3.05) is 0 Å². The van der Waals surface area contributed by atoms with Crippen LogP contribution in [-0.4, -0.2) is 16.1 Å². The number of nitrogens with two attached hydrogens (primary N) is 1. The molecule has 0 amide bonds. The fraction of sp³-hybridized carbons (Fsp3) is 0.250. The molecule has 2 N–H and O–H groups in total. The van der Waals surface area contributed by atoms with Gasteiger partial charge in [0, 0.05) is 18.8 Å². The minimum atomic E-state index is -4.69. The van der Waals surface area contributed by atoms with Gasteiger partial charge < -0.3 is 10.5 Å². The van der Waals surface area contributed by atoms with E-state index in [-0.39, 0.29) is 18.2 Å². The Bertz CT molecular complexity index is 554. The van der Waals surface area contributed by atoms with E-state index < -0.39 is 12.4 Å². The molecule has 0 saturated heterocycles. The highest BCUT2D eigenvalue weighted by atomic mass is 35.5. The molecule has 0 bridgehead atoms. The van der Waals surface area contributed by atoms with Gasteiger partial charge in [0.2, 0.25) is 0 Å². The largest absolute Gasteiger partial charge is 0.573 e. The van der Waals surface area contributed by atoms with Gasteiger partial charge >= 0.3 is 6.36 Å². The molecule has 0 aliphatic carbocycles. The van der Waals surface area contributed by atoms with Gasteiger partial charge in [0.25, 0.3) is 0 Å². The number of hydrogen-bond acceptors (Lipinski definition) is 3. The van der Waals surface area contributed by atoms with Crippen molar-refractivity contribution >= 4 is 12.4 Å². The van der Waals surface area contributed by atoms with Crippen LogP contribution in [0.2, 0.25) is 0 Å².